The Morgan fingerprint density at radius 1 is 1.15 bits per heavy atom. The number of nitrogens with zero attached hydrogens (tertiary/aromatic N) is 4. The number of benzene rings is 1. The molecule has 0 atom stereocenters. The van der Waals surface area contributed by atoms with E-state index in [0.717, 1.165) is 11.6 Å². The third-order valence-corrected chi connectivity index (χ3v) is 3.50. The summed E-state index contributed by atoms with van der Waals surface area (Å²) in [6.07, 6.45) is 0.511. The van der Waals surface area contributed by atoms with E-state index in [1.165, 1.54) is 10.9 Å². The van der Waals surface area contributed by atoms with Gasteiger partial charge in [0.05, 0.1) is 6.54 Å². The van der Waals surface area contributed by atoms with Gasteiger partial charge >= 0.3 is 0 Å². The first-order valence-corrected chi connectivity index (χ1v) is 6.91. The van der Waals surface area contributed by atoms with Crippen LogP contribution in [0.15, 0.2) is 35.0 Å². The Morgan fingerprint density at radius 2 is 2.05 bits per heavy atom. The van der Waals surface area contributed by atoms with Crippen molar-refractivity contribution >= 4 is 11.3 Å². The molecule has 3 rings (SSSR count). The highest BCUT2D eigenvalue weighted by Gasteiger charge is 2.07. The minimum Gasteiger partial charge on any atom is -0.204 e. The summed E-state index contributed by atoms with van der Waals surface area (Å²) in [5.41, 5.74) is 1.62. The van der Waals surface area contributed by atoms with Crippen molar-refractivity contribution in [2.45, 2.75) is 13.0 Å². The predicted molar refractivity (Wildman–Crippen MR) is 71.2 cm³/mol. The van der Waals surface area contributed by atoms with Crippen LogP contribution in [-0.4, -0.2) is 20.2 Å². The van der Waals surface area contributed by atoms with Crippen LogP contribution in [-0.2, 0) is 13.0 Å². The molecule has 0 unspecified atom stereocenters. The minimum absolute atomic E-state index is 0.461. The Labute approximate surface area is 117 Å². The average Bonchev–Trinajstić information content (AvgIpc) is 3.09. The van der Waals surface area contributed by atoms with E-state index in [1.807, 2.05) is 16.8 Å². The molecule has 20 heavy (non-hydrogen) atoms. The number of aromatic nitrogens is 4. The summed E-state index contributed by atoms with van der Waals surface area (Å²) in [6, 6.07) is 5.78. The van der Waals surface area contributed by atoms with Gasteiger partial charge in [0.1, 0.15) is 0 Å². The molecule has 0 aliphatic rings. The molecule has 4 nitrogen and oxygen atoms in total. The Bertz CT molecular complexity index is 709. The van der Waals surface area contributed by atoms with E-state index < -0.39 is 11.6 Å². The maximum absolute atomic E-state index is 13.1. The third-order valence-electron chi connectivity index (χ3n) is 2.82. The van der Waals surface area contributed by atoms with Gasteiger partial charge in [-0.25, -0.2) is 8.78 Å². The maximum Gasteiger partial charge on any atom is 0.205 e. The first-order chi connectivity index (χ1) is 9.72. The van der Waals surface area contributed by atoms with E-state index in [0.29, 0.717) is 24.4 Å². The molecule has 0 bridgehead atoms. The van der Waals surface area contributed by atoms with E-state index in [2.05, 4.69) is 15.4 Å². The fourth-order valence-electron chi connectivity index (χ4n) is 1.77. The topological polar surface area (TPSA) is 43.6 Å². The number of rotatable bonds is 4. The van der Waals surface area contributed by atoms with E-state index in [1.54, 1.807) is 17.4 Å². The summed E-state index contributed by atoms with van der Waals surface area (Å²) in [5.74, 6) is -1.11. The molecule has 0 saturated carbocycles. The number of aryl methyl sites for hydroxylation is 2. The Morgan fingerprint density at radius 3 is 2.80 bits per heavy atom. The van der Waals surface area contributed by atoms with Gasteiger partial charge in [-0.1, -0.05) is 6.07 Å². The van der Waals surface area contributed by atoms with Gasteiger partial charge in [0.25, 0.3) is 0 Å². The predicted octanol–water partition coefficient (Wildman–Crippen LogP) is 2.92. The van der Waals surface area contributed by atoms with Gasteiger partial charge < -0.3 is 0 Å². The van der Waals surface area contributed by atoms with Crippen molar-refractivity contribution in [3.63, 3.8) is 0 Å². The summed E-state index contributed by atoms with van der Waals surface area (Å²) < 4.78 is 25.9. The Balaban J connectivity index is 1.68. The SMILES string of the molecule is Fc1ccc(CCn2nnc(-c3ccsc3)n2)cc1F. The van der Waals surface area contributed by atoms with Crippen LogP contribution in [0.3, 0.4) is 0 Å². The zero-order valence-electron chi connectivity index (χ0n) is 10.3. The highest BCUT2D eigenvalue weighted by Crippen LogP contribution is 2.16. The van der Waals surface area contributed by atoms with Crippen molar-refractivity contribution in [1.29, 1.82) is 0 Å². The molecule has 0 spiro atoms. The highest BCUT2D eigenvalue weighted by atomic mass is 32.1. The lowest BCUT2D eigenvalue weighted by Crippen LogP contribution is -2.05. The number of halogens is 2. The summed E-state index contributed by atoms with van der Waals surface area (Å²) in [6.45, 7) is 0.461. The van der Waals surface area contributed by atoms with E-state index in [9.17, 15) is 8.78 Å². The second kappa shape index (κ2) is 5.46. The number of hydrogen-bond donors (Lipinski definition) is 0. The number of tetrazole rings is 1. The monoisotopic (exact) mass is 292 g/mol. The summed E-state index contributed by atoms with van der Waals surface area (Å²) in [4.78, 5) is 1.45. The first kappa shape index (κ1) is 12.9. The molecular weight excluding hydrogens is 282 g/mol. The van der Waals surface area contributed by atoms with Gasteiger partial charge in [-0.2, -0.15) is 16.1 Å². The molecule has 3 aromatic rings. The maximum atomic E-state index is 13.1. The van der Waals surface area contributed by atoms with E-state index in [-0.39, 0.29) is 0 Å². The van der Waals surface area contributed by atoms with Crippen LogP contribution in [0.5, 0.6) is 0 Å². The summed E-state index contributed by atoms with van der Waals surface area (Å²) in [7, 11) is 0. The molecule has 0 aliphatic carbocycles. The van der Waals surface area contributed by atoms with Crippen LogP contribution in [0, 0.1) is 11.6 Å². The van der Waals surface area contributed by atoms with Gasteiger partial charge in [-0.05, 0) is 40.8 Å². The summed E-state index contributed by atoms with van der Waals surface area (Å²) >= 11 is 1.56. The standard InChI is InChI=1S/C13H10F2N4S/c14-11-2-1-9(7-12(11)15)3-5-19-17-13(16-18-19)10-4-6-20-8-10/h1-2,4,6-8H,3,5H2. The quantitative estimate of drug-likeness (QED) is 0.742. The van der Waals surface area contributed by atoms with Crippen LogP contribution >= 0.6 is 11.3 Å². The summed E-state index contributed by atoms with van der Waals surface area (Å²) in [5, 5.41) is 16.0. The molecule has 0 amide bonds. The Hall–Kier alpha value is -2.15. The lowest BCUT2D eigenvalue weighted by atomic mass is 10.1. The average molecular weight is 292 g/mol. The van der Waals surface area contributed by atoms with E-state index in [4.69, 9.17) is 0 Å². The van der Waals surface area contributed by atoms with Crippen molar-refractivity contribution in [1.82, 2.24) is 20.2 Å². The van der Waals surface area contributed by atoms with Gasteiger partial charge in [-0.3, -0.25) is 0 Å². The van der Waals surface area contributed by atoms with Crippen LogP contribution in [0.1, 0.15) is 5.56 Å². The van der Waals surface area contributed by atoms with Crippen molar-refractivity contribution in [2.75, 3.05) is 0 Å². The fourth-order valence-corrected chi connectivity index (χ4v) is 2.40. The Kier molecular flexibility index (Phi) is 3.51. The van der Waals surface area contributed by atoms with Crippen molar-refractivity contribution in [2.24, 2.45) is 0 Å². The van der Waals surface area contributed by atoms with E-state index >= 15 is 0 Å². The molecule has 0 saturated heterocycles. The number of thiophene rings is 1. The second-order valence-corrected chi connectivity index (χ2v) is 5.00. The van der Waals surface area contributed by atoms with Gasteiger partial charge in [0.2, 0.25) is 5.82 Å². The molecule has 0 radical (unpaired) electrons. The van der Waals surface area contributed by atoms with Crippen LogP contribution in [0.4, 0.5) is 8.78 Å². The zero-order chi connectivity index (χ0) is 13.9. The molecule has 0 fully saturated rings. The molecule has 1 aromatic carbocycles. The lowest BCUT2D eigenvalue weighted by molar-refractivity contribution is 0.500. The molecule has 2 heterocycles. The normalized spacial score (nSPS) is 10.9. The van der Waals surface area contributed by atoms with Crippen LogP contribution in [0.2, 0.25) is 0 Å². The fraction of sp³-hybridized carbons (Fsp3) is 0.154. The zero-order valence-corrected chi connectivity index (χ0v) is 11.1. The molecule has 102 valence electrons. The molecular formula is C13H10F2N4S. The van der Waals surface area contributed by atoms with Crippen LogP contribution < -0.4 is 0 Å². The molecule has 0 aliphatic heterocycles. The first-order valence-electron chi connectivity index (χ1n) is 5.97. The second-order valence-electron chi connectivity index (χ2n) is 4.22. The minimum atomic E-state index is -0.840. The molecule has 7 heteroatoms. The van der Waals surface area contributed by atoms with Crippen molar-refractivity contribution < 1.29 is 8.78 Å². The van der Waals surface area contributed by atoms with Crippen LogP contribution in [0.25, 0.3) is 11.4 Å². The lowest BCUT2D eigenvalue weighted by Gasteiger charge is -2.01. The largest absolute Gasteiger partial charge is 0.205 e. The van der Waals surface area contributed by atoms with Gasteiger partial charge in [-0.15, -0.1) is 10.2 Å². The van der Waals surface area contributed by atoms with Gasteiger partial charge in [0, 0.05) is 10.9 Å². The number of hydrogen-bond acceptors (Lipinski definition) is 4. The highest BCUT2D eigenvalue weighted by molar-refractivity contribution is 7.08. The van der Waals surface area contributed by atoms with Crippen molar-refractivity contribution in [3.8, 4) is 11.4 Å². The molecule has 2 aromatic heterocycles. The van der Waals surface area contributed by atoms with Gasteiger partial charge in [0.15, 0.2) is 11.6 Å². The smallest absolute Gasteiger partial charge is 0.204 e. The van der Waals surface area contributed by atoms with Crippen molar-refractivity contribution in [3.05, 3.63) is 52.2 Å². The third kappa shape index (κ3) is 2.72. The molecule has 0 N–H and O–H groups in total.